The highest BCUT2D eigenvalue weighted by Crippen LogP contribution is 2.33. The number of aliphatic hydroxyl groups excluding tert-OH is 1. The smallest absolute Gasteiger partial charge is 0.213 e. The van der Waals surface area contributed by atoms with Crippen LogP contribution in [0.25, 0.3) is 0 Å². The maximum Gasteiger partial charge on any atom is 0.213 e. The Hall–Kier alpha value is -1.88. The standard InChI is InChI=1S/C13H15N3O2/c17-12-6-3-7-16(8-13-14-9-18-15-13)11-5-2-1-4-10(11)12/h1-2,4-5,9,12,17H,3,6-8H2. The van der Waals surface area contributed by atoms with Crippen LogP contribution in [-0.4, -0.2) is 21.8 Å². The number of nitrogens with zero attached hydrogens (tertiary/aromatic N) is 3. The minimum absolute atomic E-state index is 0.378. The van der Waals surface area contributed by atoms with E-state index in [1.54, 1.807) is 0 Å². The van der Waals surface area contributed by atoms with Crippen LogP contribution in [0.4, 0.5) is 5.69 Å². The molecule has 2 aromatic rings. The second kappa shape index (κ2) is 4.78. The summed E-state index contributed by atoms with van der Waals surface area (Å²) in [5.74, 6) is 0.668. The fraction of sp³-hybridized carbons (Fsp3) is 0.385. The zero-order chi connectivity index (χ0) is 12.4. The molecule has 0 saturated heterocycles. The molecule has 5 nitrogen and oxygen atoms in total. The summed E-state index contributed by atoms with van der Waals surface area (Å²) in [5.41, 5.74) is 2.05. The number of fused-ring (bicyclic) bond motifs is 1. The first-order chi connectivity index (χ1) is 8.84. The molecule has 1 aliphatic heterocycles. The summed E-state index contributed by atoms with van der Waals surface area (Å²) < 4.78 is 4.76. The molecule has 0 fully saturated rings. The topological polar surface area (TPSA) is 62.4 Å². The molecule has 0 bridgehead atoms. The lowest BCUT2D eigenvalue weighted by Gasteiger charge is -2.23. The molecule has 0 spiro atoms. The molecular weight excluding hydrogens is 230 g/mol. The van der Waals surface area contributed by atoms with Gasteiger partial charge in [-0.2, -0.15) is 4.98 Å². The summed E-state index contributed by atoms with van der Waals surface area (Å²) in [6.07, 6.45) is 2.71. The largest absolute Gasteiger partial charge is 0.388 e. The molecule has 0 aliphatic carbocycles. The fourth-order valence-electron chi connectivity index (χ4n) is 2.41. The van der Waals surface area contributed by atoms with Crippen LogP contribution in [0.1, 0.15) is 30.3 Å². The van der Waals surface area contributed by atoms with E-state index in [0.29, 0.717) is 12.4 Å². The van der Waals surface area contributed by atoms with Gasteiger partial charge in [-0.25, -0.2) is 0 Å². The third kappa shape index (κ3) is 2.09. The first-order valence-electron chi connectivity index (χ1n) is 6.12. The van der Waals surface area contributed by atoms with E-state index in [9.17, 15) is 5.11 Å². The maximum atomic E-state index is 10.1. The Morgan fingerprint density at radius 2 is 2.28 bits per heavy atom. The first-order valence-corrected chi connectivity index (χ1v) is 6.12. The number of para-hydroxylation sites is 1. The van der Waals surface area contributed by atoms with Crippen molar-refractivity contribution in [2.45, 2.75) is 25.5 Å². The van der Waals surface area contributed by atoms with Gasteiger partial charge in [-0.15, -0.1) is 0 Å². The highest BCUT2D eigenvalue weighted by Gasteiger charge is 2.21. The average Bonchev–Trinajstić information content (AvgIpc) is 2.85. The van der Waals surface area contributed by atoms with E-state index >= 15 is 0 Å². The molecule has 18 heavy (non-hydrogen) atoms. The Morgan fingerprint density at radius 1 is 1.39 bits per heavy atom. The first kappa shape index (κ1) is 11.2. The Kier molecular flexibility index (Phi) is 2.98. The van der Waals surface area contributed by atoms with Crippen molar-refractivity contribution >= 4 is 5.69 Å². The molecule has 0 saturated carbocycles. The molecule has 1 aliphatic rings. The fourth-order valence-corrected chi connectivity index (χ4v) is 2.41. The van der Waals surface area contributed by atoms with E-state index < -0.39 is 0 Å². The summed E-state index contributed by atoms with van der Waals surface area (Å²) in [6, 6.07) is 7.96. The number of hydrogen-bond acceptors (Lipinski definition) is 5. The average molecular weight is 245 g/mol. The van der Waals surface area contributed by atoms with Crippen LogP contribution in [0, 0.1) is 0 Å². The molecule has 1 atom stereocenters. The minimum atomic E-state index is -0.378. The molecule has 1 N–H and O–H groups in total. The second-order valence-electron chi connectivity index (χ2n) is 4.49. The Bertz CT molecular complexity index is 513. The monoisotopic (exact) mass is 245 g/mol. The van der Waals surface area contributed by atoms with Gasteiger partial charge in [0.2, 0.25) is 6.39 Å². The van der Waals surface area contributed by atoms with Crippen molar-refractivity contribution in [2.75, 3.05) is 11.4 Å². The van der Waals surface area contributed by atoms with Crippen LogP contribution in [0.15, 0.2) is 35.2 Å². The zero-order valence-corrected chi connectivity index (χ0v) is 9.99. The highest BCUT2D eigenvalue weighted by molar-refractivity contribution is 5.55. The van der Waals surface area contributed by atoms with E-state index in [1.807, 2.05) is 24.3 Å². The predicted octanol–water partition coefficient (Wildman–Crippen LogP) is 1.90. The van der Waals surface area contributed by atoms with Gasteiger partial charge in [0, 0.05) is 17.8 Å². The zero-order valence-electron chi connectivity index (χ0n) is 9.99. The van der Waals surface area contributed by atoms with Crippen molar-refractivity contribution in [2.24, 2.45) is 0 Å². The van der Waals surface area contributed by atoms with Gasteiger partial charge in [-0.3, -0.25) is 0 Å². The van der Waals surface area contributed by atoms with E-state index in [2.05, 4.69) is 15.0 Å². The molecule has 94 valence electrons. The van der Waals surface area contributed by atoms with Crippen LogP contribution in [0.5, 0.6) is 0 Å². The summed E-state index contributed by atoms with van der Waals surface area (Å²) in [4.78, 5) is 6.24. The van der Waals surface area contributed by atoms with Gasteiger partial charge in [-0.1, -0.05) is 23.4 Å². The van der Waals surface area contributed by atoms with Crippen molar-refractivity contribution < 1.29 is 9.63 Å². The van der Waals surface area contributed by atoms with E-state index in [4.69, 9.17) is 4.52 Å². The number of benzene rings is 1. The SMILES string of the molecule is OC1CCCN(Cc2ncon2)c2ccccc21. The second-order valence-corrected chi connectivity index (χ2v) is 4.49. The van der Waals surface area contributed by atoms with Crippen LogP contribution < -0.4 is 4.90 Å². The normalized spacial score (nSPS) is 19.4. The summed E-state index contributed by atoms with van der Waals surface area (Å²) in [7, 11) is 0. The summed E-state index contributed by atoms with van der Waals surface area (Å²) >= 11 is 0. The number of rotatable bonds is 2. The third-order valence-corrected chi connectivity index (χ3v) is 3.28. The number of aliphatic hydroxyl groups is 1. The number of aromatic nitrogens is 2. The molecule has 0 radical (unpaired) electrons. The quantitative estimate of drug-likeness (QED) is 0.875. The van der Waals surface area contributed by atoms with Crippen LogP contribution >= 0.6 is 0 Å². The van der Waals surface area contributed by atoms with Gasteiger partial charge < -0.3 is 14.5 Å². The third-order valence-electron chi connectivity index (χ3n) is 3.28. The number of hydrogen-bond donors (Lipinski definition) is 1. The molecule has 3 rings (SSSR count). The van der Waals surface area contributed by atoms with Gasteiger partial charge in [0.15, 0.2) is 5.82 Å². The Morgan fingerprint density at radius 3 is 3.11 bits per heavy atom. The van der Waals surface area contributed by atoms with E-state index in [1.165, 1.54) is 6.39 Å². The van der Waals surface area contributed by atoms with Gasteiger partial charge in [0.25, 0.3) is 0 Å². The minimum Gasteiger partial charge on any atom is -0.388 e. The molecule has 5 heteroatoms. The Balaban J connectivity index is 1.92. The van der Waals surface area contributed by atoms with Crippen molar-refractivity contribution in [3.05, 3.63) is 42.0 Å². The van der Waals surface area contributed by atoms with Gasteiger partial charge >= 0.3 is 0 Å². The summed E-state index contributed by atoms with van der Waals surface area (Å²) in [6.45, 7) is 1.50. The van der Waals surface area contributed by atoms with Crippen molar-refractivity contribution in [1.29, 1.82) is 0 Å². The lowest BCUT2D eigenvalue weighted by molar-refractivity contribution is 0.168. The molecule has 2 heterocycles. The molecule has 0 amide bonds. The van der Waals surface area contributed by atoms with E-state index in [-0.39, 0.29) is 6.10 Å². The lowest BCUT2D eigenvalue weighted by atomic mass is 10.0. The summed E-state index contributed by atoms with van der Waals surface area (Å²) in [5, 5.41) is 14.0. The van der Waals surface area contributed by atoms with Crippen molar-refractivity contribution in [3.8, 4) is 0 Å². The Labute approximate surface area is 105 Å². The van der Waals surface area contributed by atoms with Crippen LogP contribution in [0.3, 0.4) is 0 Å². The predicted molar refractivity (Wildman–Crippen MR) is 66.0 cm³/mol. The molecule has 1 aromatic carbocycles. The molecule has 1 unspecified atom stereocenters. The van der Waals surface area contributed by atoms with Crippen molar-refractivity contribution in [3.63, 3.8) is 0 Å². The van der Waals surface area contributed by atoms with Crippen LogP contribution in [0.2, 0.25) is 0 Å². The molecular formula is C13H15N3O2. The van der Waals surface area contributed by atoms with Gasteiger partial charge in [0.05, 0.1) is 12.6 Å². The van der Waals surface area contributed by atoms with Gasteiger partial charge in [0.1, 0.15) is 0 Å². The van der Waals surface area contributed by atoms with Crippen molar-refractivity contribution in [1.82, 2.24) is 10.1 Å². The van der Waals surface area contributed by atoms with E-state index in [0.717, 1.165) is 30.6 Å². The maximum absolute atomic E-state index is 10.1. The lowest BCUT2D eigenvalue weighted by Crippen LogP contribution is -2.24. The number of anilines is 1. The van der Waals surface area contributed by atoms with Gasteiger partial charge in [-0.05, 0) is 18.9 Å². The highest BCUT2D eigenvalue weighted by atomic mass is 16.5. The van der Waals surface area contributed by atoms with Crippen LogP contribution in [-0.2, 0) is 6.54 Å². The molecule has 1 aromatic heterocycles.